The predicted molar refractivity (Wildman–Crippen MR) is 114 cm³/mol. The summed E-state index contributed by atoms with van der Waals surface area (Å²) < 4.78 is 0. The molecule has 1 saturated heterocycles. The van der Waals surface area contributed by atoms with Crippen LogP contribution in [0.1, 0.15) is 32.3 Å². The lowest BCUT2D eigenvalue weighted by Gasteiger charge is -2.36. The molecule has 0 unspecified atom stereocenters. The summed E-state index contributed by atoms with van der Waals surface area (Å²) in [6, 6.07) is 11.0. The average molecular weight is 386 g/mol. The van der Waals surface area contributed by atoms with E-state index < -0.39 is 0 Å². The predicted octanol–water partition coefficient (Wildman–Crippen LogP) is 1.73. The highest BCUT2D eigenvalue weighted by Crippen LogP contribution is 2.47. The Hall–Kier alpha value is -2.08. The van der Waals surface area contributed by atoms with Crippen molar-refractivity contribution < 1.29 is 4.79 Å². The fourth-order valence-corrected chi connectivity index (χ4v) is 3.91. The van der Waals surface area contributed by atoms with Gasteiger partial charge in [0, 0.05) is 45.8 Å². The molecule has 0 atom stereocenters. The van der Waals surface area contributed by atoms with E-state index in [0.717, 1.165) is 45.1 Å². The van der Waals surface area contributed by atoms with Gasteiger partial charge in [0.1, 0.15) is 0 Å². The molecular formula is C22H35N5O. The van der Waals surface area contributed by atoms with Crippen LogP contribution in [0.5, 0.6) is 0 Å². The number of guanidine groups is 1. The van der Waals surface area contributed by atoms with Gasteiger partial charge in [-0.05, 0) is 44.1 Å². The van der Waals surface area contributed by atoms with Crippen LogP contribution in [0.25, 0.3) is 0 Å². The number of nitrogens with zero attached hydrogens (tertiary/aromatic N) is 3. The Morgan fingerprint density at radius 2 is 1.82 bits per heavy atom. The quantitative estimate of drug-likeness (QED) is 0.554. The van der Waals surface area contributed by atoms with Crippen molar-refractivity contribution in [2.24, 2.45) is 10.4 Å². The summed E-state index contributed by atoms with van der Waals surface area (Å²) in [5, 5.41) is 6.59. The minimum Gasteiger partial charge on any atom is -0.356 e. The zero-order chi connectivity index (χ0) is 20.0. The molecular weight excluding hydrogens is 350 g/mol. The minimum absolute atomic E-state index is 0.113. The molecule has 1 aliphatic carbocycles. The Balaban J connectivity index is 1.43. The zero-order valence-corrected chi connectivity index (χ0v) is 17.6. The topological polar surface area (TPSA) is 60.0 Å². The van der Waals surface area contributed by atoms with Gasteiger partial charge in [0.25, 0.3) is 0 Å². The molecule has 0 spiro atoms. The summed E-state index contributed by atoms with van der Waals surface area (Å²) in [7, 11) is 1.86. The monoisotopic (exact) mass is 385 g/mol. The van der Waals surface area contributed by atoms with E-state index in [4.69, 9.17) is 0 Å². The molecule has 6 heteroatoms. The van der Waals surface area contributed by atoms with Gasteiger partial charge in [-0.3, -0.25) is 14.7 Å². The molecule has 0 radical (unpaired) electrons. The first kappa shape index (κ1) is 20.6. The molecule has 1 heterocycles. The number of carbonyl (C=O) groups is 1. The molecule has 6 nitrogen and oxygen atoms in total. The highest BCUT2D eigenvalue weighted by atomic mass is 16.2. The first-order valence-electron chi connectivity index (χ1n) is 10.5. The SMILES string of the molecule is CN=C(NCC1(Cc2ccccc2)CC1)N1CCN(CC(=O)NC(C)C)CC1. The van der Waals surface area contributed by atoms with E-state index in [-0.39, 0.29) is 11.9 Å². The number of carbonyl (C=O) groups excluding carboxylic acids is 1. The van der Waals surface area contributed by atoms with Crippen LogP contribution in [-0.2, 0) is 11.2 Å². The number of benzene rings is 1. The Bertz CT molecular complexity index is 661. The molecule has 28 heavy (non-hydrogen) atoms. The van der Waals surface area contributed by atoms with Crippen molar-refractivity contribution in [1.82, 2.24) is 20.4 Å². The second-order valence-electron chi connectivity index (χ2n) is 8.55. The Labute approximate surface area is 169 Å². The average Bonchev–Trinajstić information content (AvgIpc) is 3.43. The smallest absolute Gasteiger partial charge is 0.234 e. The first-order chi connectivity index (χ1) is 13.5. The van der Waals surface area contributed by atoms with Crippen LogP contribution in [0, 0.1) is 5.41 Å². The van der Waals surface area contributed by atoms with Gasteiger partial charge in [-0.1, -0.05) is 30.3 Å². The van der Waals surface area contributed by atoms with Gasteiger partial charge in [0.15, 0.2) is 5.96 Å². The van der Waals surface area contributed by atoms with Crippen molar-refractivity contribution in [3.63, 3.8) is 0 Å². The standard InChI is InChI=1S/C22H35N5O/c1-18(2)25-20(28)16-26-11-13-27(14-12-26)21(23-3)24-17-22(9-10-22)15-19-7-5-4-6-8-19/h4-8,18H,9-17H2,1-3H3,(H,23,24)(H,25,28). The largest absolute Gasteiger partial charge is 0.356 e. The van der Waals surface area contributed by atoms with Gasteiger partial charge in [0.2, 0.25) is 5.91 Å². The summed E-state index contributed by atoms with van der Waals surface area (Å²) >= 11 is 0. The van der Waals surface area contributed by atoms with Crippen molar-refractivity contribution >= 4 is 11.9 Å². The lowest BCUT2D eigenvalue weighted by molar-refractivity contribution is -0.123. The Morgan fingerprint density at radius 1 is 1.14 bits per heavy atom. The van der Waals surface area contributed by atoms with Gasteiger partial charge in [-0.25, -0.2) is 0 Å². The summed E-state index contributed by atoms with van der Waals surface area (Å²) in [6.07, 6.45) is 3.70. The van der Waals surface area contributed by atoms with E-state index in [9.17, 15) is 4.79 Å². The summed E-state index contributed by atoms with van der Waals surface area (Å²) in [5.41, 5.74) is 1.80. The van der Waals surface area contributed by atoms with Crippen molar-refractivity contribution in [3.8, 4) is 0 Å². The summed E-state index contributed by atoms with van der Waals surface area (Å²) in [6.45, 7) is 9.04. The molecule has 2 fully saturated rings. The highest BCUT2D eigenvalue weighted by Gasteiger charge is 2.42. The minimum atomic E-state index is 0.113. The van der Waals surface area contributed by atoms with Gasteiger partial charge in [-0.15, -0.1) is 0 Å². The van der Waals surface area contributed by atoms with Gasteiger partial charge < -0.3 is 15.5 Å². The maximum atomic E-state index is 12.0. The molecule has 0 bridgehead atoms. The molecule has 2 N–H and O–H groups in total. The molecule has 1 amide bonds. The number of nitrogens with one attached hydrogen (secondary N) is 2. The number of piperazine rings is 1. The second-order valence-corrected chi connectivity index (χ2v) is 8.55. The lowest BCUT2D eigenvalue weighted by atomic mass is 9.96. The van der Waals surface area contributed by atoms with Gasteiger partial charge in [0.05, 0.1) is 6.54 Å². The van der Waals surface area contributed by atoms with Crippen LogP contribution >= 0.6 is 0 Å². The van der Waals surface area contributed by atoms with E-state index in [1.54, 1.807) is 0 Å². The number of amides is 1. The van der Waals surface area contributed by atoms with Crippen molar-refractivity contribution in [1.29, 1.82) is 0 Å². The van der Waals surface area contributed by atoms with Crippen LogP contribution in [0.15, 0.2) is 35.3 Å². The molecule has 154 valence electrons. The third kappa shape index (κ3) is 5.96. The van der Waals surface area contributed by atoms with E-state index >= 15 is 0 Å². The Kier molecular flexibility index (Phi) is 6.94. The molecule has 3 rings (SSSR count). The third-order valence-electron chi connectivity index (χ3n) is 5.70. The van der Waals surface area contributed by atoms with Crippen LogP contribution < -0.4 is 10.6 Å². The van der Waals surface area contributed by atoms with Crippen molar-refractivity contribution in [2.45, 2.75) is 39.2 Å². The number of hydrogen-bond donors (Lipinski definition) is 2. The number of rotatable bonds is 7. The fourth-order valence-electron chi connectivity index (χ4n) is 3.91. The Morgan fingerprint density at radius 3 is 2.39 bits per heavy atom. The molecule has 2 aliphatic rings. The van der Waals surface area contributed by atoms with E-state index in [1.807, 2.05) is 20.9 Å². The molecule has 1 saturated carbocycles. The number of aliphatic imine (C=N–C) groups is 1. The summed E-state index contributed by atoms with van der Waals surface area (Å²) in [4.78, 5) is 21.0. The van der Waals surface area contributed by atoms with Crippen molar-refractivity contribution in [2.75, 3.05) is 46.3 Å². The van der Waals surface area contributed by atoms with Gasteiger partial charge >= 0.3 is 0 Å². The molecule has 1 aliphatic heterocycles. The van der Waals surface area contributed by atoms with E-state index in [0.29, 0.717) is 12.0 Å². The van der Waals surface area contributed by atoms with Crippen LogP contribution in [0.2, 0.25) is 0 Å². The lowest BCUT2D eigenvalue weighted by Crippen LogP contribution is -2.54. The third-order valence-corrected chi connectivity index (χ3v) is 5.70. The normalized spacial score (nSPS) is 19.6. The fraction of sp³-hybridized carbons (Fsp3) is 0.636. The molecule has 1 aromatic rings. The maximum Gasteiger partial charge on any atom is 0.234 e. The first-order valence-corrected chi connectivity index (χ1v) is 10.5. The van der Waals surface area contributed by atoms with Crippen LogP contribution in [-0.4, -0.2) is 74.0 Å². The highest BCUT2D eigenvalue weighted by molar-refractivity contribution is 5.80. The van der Waals surface area contributed by atoms with E-state index in [2.05, 4.69) is 55.8 Å². The molecule has 1 aromatic carbocycles. The number of hydrogen-bond acceptors (Lipinski definition) is 3. The van der Waals surface area contributed by atoms with Gasteiger partial charge in [-0.2, -0.15) is 0 Å². The van der Waals surface area contributed by atoms with Crippen LogP contribution in [0.3, 0.4) is 0 Å². The van der Waals surface area contributed by atoms with E-state index in [1.165, 1.54) is 18.4 Å². The second kappa shape index (κ2) is 9.41. The van der Waals surface area contributed by atoms with Crippen LogP contribution in [0.4, 0.5) is 0 Å². The molecule has 0 aromatic heterocycles. The van der Waals surface area contributed by atoms with Crippen molar-refractivity contribution in [3.05, 3.63) is 35.9 Å². The summed E-state index contributed by atoms with van der Waals surface area (Å²) in [5.74, 6) is 1.10. The zero-order valence-electron chi connectivity index (χ0n) is 17.6. The maximum absolute atomic E-state index is 12.0.